The Labute approximate surface area is 80.4 Å². The molecule has 0 aliphatic heterocycles. The first kappa shape index (κ1) is 10.2. The van der Waals surface area contributed by atoms with Crippen molar-refractivity contribution in [3.05, 3.63) is 24.3 Å². The molecule has 0 spiro atoms. The summed E-state index contributed by atoms with van der Waals surface area (Å²) in [5.41, 5.74) is 0.329. The summed E-state index contributed by atoms with van der Waals surface area (Å²) < 4.78 is 0. The van der Waals surface area contributed by atoms with Gasteiger partial charge in [0.2, 0.25) is 0 Å². The smallest absolute Gasteiger partial charge is 0.128 e. The van der Waals surface area contributed by atoms with Crippen LogP contribution in [-0.2, 0) is 6.42 Å². The van der Waals surface area contributed by atoms with Gasteiger partial charge in [0, 0.05) is 18.8 Å². The maximum atomic E-state index is 4.24. The highest BCUT2D eigenvalue weighted by Crippen LogP contribution is 2.25. The molecule has 1 aromatic heterocycles. The van der Waals surface area contributed by atoms with Gasteiger partial charge >= 0.3 is 0 Å². The zero-order valence-corrected chi connectivity index (χ0v) is 8.75. The van der Waals surface area contributed by atoms with E-state index in [0.29, 0.717) is 5.41 Å². The molecule has 1 heterocycles. The van der Waals surface area contributed by atoms with Gasteiger partial charge in [-0.2, -0.15) is 0 Å². The van der Waals surface area contributed by atoms with Crippen molar-refractivity contribution in [2.45, 2.75) is 40.0 Å². The molecular formula is C11H18N2. The second kappa shape index (κ2) is 4.35. The summed E-state index contributed by atoms with van der Waals surface area (Å²) >= 11 is 0. The van der Waals surface area contributed by atoms with E-state index in [1.165, 1.54) is 12.8 Å². The monoisotopic (exact) mass is 178 g/mol. The number of nitrogens with zero attached hydrogens (tertiary/aromatic N) is 2. The molecule has 1 rings (SSSR count). The minimum Gasteiger partial charge on any atom is -0.241 e. The van der Waals surface area contributed by atoms with Crippen LogP contribution < -0.4 is 0 Å². The second-order valence-corrected chi connectivity index (χ2v) is 4.26. The second-order valence-electron chi connectivity index (χ2n) is 4.26. The van der Waals surface area contributed by atoms with Gasteiger partial charge in [-0.25, -0.2) is 9.97 Å². The van der Waals surface area contributed by atoms with E-state index >= 15 is 0 Å². The van der Waals surface area contributed by atoms with E-state index < -0.39 is 0 Å². The largest absolute Gasteiger partial charge is 0.241 e. The van der Waals surface area contributed by atoms with Crippen LogP contribution in [0.25, 0.3) is 0 Å². The van der Waals surface area contributed by atoms with E-state index in [1.807, 2.05) is 18.5 Å². The predicted octanol–water partition coefficient (Wildman–Crippen LogP) is 2.85. The number of hydrogen-bond donors (Lipinski definition) is 0. The molecule has 13 heavy (non-hydrogen) atoms. The van der Waals surface area contributed by atoms with Gasteiger partial charge in [-0.3, -0.25) is 0 Å². The summed E-state index contributed by atoms with van der Waals surface area (Å²) in [4.78, 5) is 8.47. The molecule has 0 atom stereocenters. The van der Waals surface area contributed by atoms with Gasteiger partial charge < -0.3 is 0 Å². The molecule has 0 bridgehead atoms. The van der Waals surface area contributed by atoms with Crippen molar-refractivity contribution in [1.29, 1.82) is 0 Å². The standard InChI is InChI=1S/C11H18N2/c1-4-6-11(2,3)9-10-12-7-5-8-13-10/h5,7-8H,4,6,9H2,1-3H3. The summed E-state index contributed by atoms with van der Waals surface area (Å²) in [5.74, 6) is 0.959. The zero-order valence-electron chi connectivity index (χ0n) is 8.75. The molecule has 2 heteroatoms. The summed E-state index contributed by atoms with van der Waals surface area (Å²) in [6.07, 6.45) is 7.04. The predicted molar refractivity (Wildman–Crippen MR) is 54.4 cm³/mol. The van der Waals surface area contributed by atoms with Gasteiger partial charge in [-0.1, -0.05) is 27.2 Å². The van der Waals surface area contributed by atoms with Crippen LogP contribution in [0.4, 0.5) is 0 Å². The molecule has 0 N–H and O–H groups in total. The van der Waals surface area contributed by atoms with Crippen molar-refractivity contribution in [1.82, 2.24) is 9.97 Å². The van der Waals surface area contributed by atoms with Crippen molar-refractivity contribution in [2.75, 3.05) is 0 Å². The molecule has 0 aliphatic carbocycles. The third kappa shape index (κ3) is 3.53. The van der Waals surface area contributed by atoms with Crippen LogP contribution in [0.15, 0.2) is 18.5 Å². The number of aromatic nitrogens is 2. The lowest BCUT2D eigenvalue weighted by Gasteiger charge is -2.22. The molecule has 0 fully saturated rings. The molecule has 2 nitrogen and oxygen atoms in total. The number of rotatable bonds is 4. The molecule has 0 saturated carbocycles. The molecule has 72 valence electrons. The SMILES string of the molecule is CCCC(C)(C)Cc1ncccn1. The maximum Gasteiger partial charge on any atom is 0.128 e. The fourth-order valence-electron chi connectivity index (χ4n) is 1.61. The van der Waals surface area contributed by atoms with Crippen LogP contribution in [0.2, 0.25) is 0 Å². The van der Waals surface area contributed by atoms with E-state index in [4.69, 9.17) is 0 Å². The van der Waals surface area contributed by atoms with E-state index in [2.05, 4.69) is 30.7 Å². The Bertz CT molecular complexity index is 242. The highest BCUT2D eigenvalue weighted by molar-refractivity contribution is 4.92. The average molecular weight is 178 g/mol. The van der Waals surface area contributed by atoms with E-state index in [1.54, 1.807) is 0 Å². The van der Waals surface area contributed by atoms with Gasteiger partial charge in [0.25, 0.3) is 0 Å². The first-order chi connectivity index (χ1) is 6.14. The Morgan fingerprint density at radius 2 is 1.85 bits per heavy atom. The third-order valence-corrected chi connectivity index (χ3v) is 2.18. The van der Waals surface area contributed by atoms with Crippen LogP contribution in [-0.4, -0.2) is 9.97 Å². The summed E-state index contributed by atoms with van der Waals surface area (Å²) in [7, 11) is 0. The molecule has 0 unspecified atom stereocenters. The van der Waals surface area contributed by atoms with E-state index in [0.717, 1.165) is 12.2 Å². The fourth-order valence-corrected chi connectivity index (χ4v) is 1.61. The highest BCUT2D eigenvalue weighted by Gasteiger charge is 2.18. The van der Waals surface area contributed by atoms with Crippen LogP contribution >= 0.6 is 0 Å². The average Bonchev–Trinajstić information content (AvgIpc) is 2.04. The molecular weight excluding hydrogens is 160 g/mol. The van der Waals surface area contributed by atoms with Crippen molar-refractivity contribution in [3.8, 4) is 0 Å². The Hall–Kier alpha value is -0.920. The minimum absolute atomic E-state index is 0.329. The Balaban J connectivity index is 2.58. The first-order valence-corrected chi connectivity index (χ1v) is 4.90. The van der Waals surface area contributed by atoms with Crippen molar-refractivity contribution in [3.63, 3.8) is 0 Å². The lowest BCUT2D eigenvalue weighted by molar-refractivity contribution is 0.322. The maximum absolute atomic E-state index is 4.24. The molecule has 0 amide bonds. The van der Waals surface area contributed by atoms with Gasteiger partial charge in [0.1, 0.15) is 5.82 Å². The number of hydrogen-bond acceptors (Lipinski definition) is 2. The zero-order chi connectivity index (χ0) is 9.73. The van der Waals surface area contributed by atoms with Crippen LogP contribution in [0.5, 0.6) is 0 Å². The molecule has 1 aromatic rings. The molecule has 0 radical (unpaired) electrons. The summed E-state index contributed by atoms with van der Waals surface area (Å²) in [6.45, 7) is 6.76. The first-order valence-electron chi connectivity index (χ1n) is 4.90. The lowest BCUT2D eigenvalue weighted by Crippen LogP contribution is -2.16. The fraction of sp³-hybridized carbons (Fsp3) is 0.636. The highest BCUT2D eigenvalue weighted by atomic mass is 14.9. The molecule has 0 saturated heterocycles. The topological polar surface area (TPSA) is 25.8 Å². The van der Waals surface area contributed by atoms with E-state index in [9.17, 15) is 0 Å². The van der Waals surface area contributed by atoms with Crippen molar-refractivity contribution < 1.29 is 0 Å². The minimum atomic E-state index is 0.329. The summed E-state index contributed by atoms with van der Waals surface area (Å²) in [5, 5.41) is 0. The Kier molecular flexibility index (Phi) is 3.40. The van der Waals surface area contributed by atoms with Gasteiger partial charge in [0.05, 0.1) is 0 Å². The van der Waals surface area contributed by atoms with Crippen LogP contribution in [0, 0.1) is 5.41 Å². The van der Waals surface area contributed by atoms with Crippen molar-refractivity contribution in [2.24, 2.45) is 5.41 Å². The normalized spacial score (nSPS) is 11.6. The molecule has 0 aromatic carbocycles. The molecule has 0 aliphatic rings. The Morgan fingerprint density at radius 1 is 1.23 bits per heavy atom. The third-order valence-electron chi connectivity index (χ3n) is 2.18. The lowest BCUT2D eigenvalue weighted by atomic mass is 9.84. The van der Waals surface area contributed by atoms with Gasteiger partial charge in [0.15, 0.2) is 0 Å². The van der Waals surface area contributed by atoms with E-state index in [-0.39, 0.29) is 0 Å². The summed E-state index contributed by atoms with van der Waals surface area (Å²) in [6, 6.07) is 1.86. The van der Waals surface area contributed by atoms with Gasteiger partial charge in [-0.15, -0.1) is 0 Å². The van der Waals surface area contributed by atoms with Crippen LogP contribution in [0.1, 0.15) is 39.4 Å². The van der Waals surface area contributed by atoms with Crippen molar-refractivity contribution >= 4 is 0 Å². The quantitative estimate of drug-likeness (QED) is 0.708. The van der Waals surface area contributed by atoms with Crippen LogP contribution in [0.3, 0.4) is 0 Å². The van der Waals surface area contributed by atoms with Gasteiger partial charge in [-0.05, 0) is 17.9 Å². The Morgan fingerprint density at radius 3 is 2.38 bits per heavy atom.